The lowest BCUT2D eigenvalue weighted by Crippen LogP contribution is -2.40. The van der Waals surface area contributed by atoms with Crippen molar-refractivity contribution < 1.29 is 17.9 Å². The van der Waals surface area contributed by atoms with E-state index in [0.29, 0.717) is 28.6 Å². The average Bonchev–Trinajstić information content (AvgIpc) is 2.55. The summed E-state index contributed by atoms with van der Waals surface area (Å²) >= 11 is 0. The number of nitrogens with one attached hydrogen (secondary N) is 1. The van der Waals surface area contributed by atoms with Crippen LogP contribution < -0.4 is 14.2 Å². The summed E-state index contributed by atoms with van der Waals surface area (Å²) in [5.41, 5.74) is 1.62. The first kappa shape index (κ1) is 15.8. The van der Waals surface area contributed by atoms with Gasteiger partial charge in [0.05, 0.1) is 11.4 Å². The minimum absolute atomic E-state index is 0.157. The molecule has 0 aliphatic carbocycles. The van der Waals surface area contributed by atoms with Gasteiger partial charge in [0.25, 0.3) is 0 Å². The Hall–Kier alpha value is -2.05. The number of hydrogen-bond acceptors (Lipinski definition) is 4. The van der Waals surface area contributed by atoms with Crippen LogP contribution in [0.3, 0.4) is 0 Å². The molecule has 3 rings (SSSR count). The van der Waals surface area contributed by atoms with Crippen molar-refractivity contribution >= 4 is 10.0 Å². The van der Waals surface area contributed by atoms with Crippen molar-refractivity contribution in [2.75, 3.05) is 13.2 Å². The minimum Gasteiger partial charge on any atom is -0.486 e. The summed E-state index contributed by atoms with van der Waals surface area (Å²) in [4.78, 5) is 0.301. The van der Waals surface area contributed by atoms with Gasteiger partial charge in [0.2, 0.25) is 10.0 Å². The third-order valence-electron chi connectivity index (χ3n) is 3.70. The smallest absolute Gasteiger partial charge is 0.240 e. The topological polar surface area (TPSA) is 64.6 Å². The molecule has 1 heterocycles. The summed E-state index contributed by atoms with van der Waals surface area (Å²) in [5.74, 6) is 1.32. The summed E-state index contributed by atoms with van der Waals surface area (Å²) in [6.45, 7) is 4.12. The molecule has 2 aromatic rings. The second-order valence-electron chi connectivity index (χ2n) is 5.62. The maximum Gasteiger partial charge on any atom is 0.240 e. The highest BCUT2D eigenvalue weighted by Gasteiger charge is 2.24. The Balaban J connectivity index is 1.70. The molecule has 5 nitrogen and oxygen atoms in total. The molecular formula is C17H19NO4S. The molecule has 1 N–H and O–H groups in total. The van der Waals surface area contributed by atoms with Crippen LogP contribution in [0.15, 0.2) is 47.4 Å². The van der Waals surface area contributed by atoms with Crippen molar-refractivity contribution in [2.24, 2.45) is 0 Å². The van der Waals surface area contributed by atoms with E-state index in [1.54, 1.807) is 25.1 Å². The highest BCUT2D eigenvalue weighted by molar-refractivity contribution is 7.89. The second kappa shape index (κ2) is 6.22. The molecule has 23 heavy (non-hydrogen) atoms. The molecule has 2 aromatic carbocycles. The molecule has 0 aromatic heterocycles. The summed E-state index contributed by atoms with van der Waals surface area (Å²) < 4.78 is 38.9. The van der Waals surface area contributed by atoms with Crippen LogP contribution in [0.2, 0.25) is 0 Å². The Bertz CT molecular complexity index is 817. The van der Waals surface area contributed by atoms with Crippen LogP contribution in [-0.2, 0) is 10.0 Å². The van der Waals surface area contributed by atoms with Gasteiger partial charge in [-0.15, -0.1) is 0 Å². The van der Waals surface area contributed by atoms with Crippen molar-refractivity contribution in [1.82, 2.24) is 4.72 Å². The Morgan fingerprint density at radius 3 is 2.65 bits per heavy atom. The van der Waals surface area contributed by atoms with E-state index in [4.69, 9.17) is 9.47 Å². The molecule has 1 aliphatic rings. The Morgan fingerprint density at radius 2 is 1.87 bits per heavy atom. The standard InChI is InChI=1S/C17H19NO4S/c1-12-7-8-13(2)17(9-12)23(19,20)18-10-14-11-21-15-5-3-4-6-16(15)22-14/h3-9,14,18H,10-11H2,1-2H3/t14-/m0/s1. The van der Waals surface area contributed by atoms with E-state index >= 15 is 0 Å². The second-order valence-corrected chi connectivity index (χ2v) is 7.35. The fraction of sp³-hybridized carbons (Fsp3) is 0.294. The van der Waals surface area contributed by atoms with E-state index in [1.165, 1.54) is 0 Å². The van der Waals surface area contributed by atoms with Crippen LogP contribution in [0, 0.1) is 13.8 Å². The average molecular weight is 333 g/mol. The van der Waals surface area contributed by atoms with Crippen LogP contribution >= 0.6 is 0 Å². The number of benzene rings is 2. The number of aryl methyl sites for hydroxylation is 2. The van der Waals surface area contributed by atoms with Crippen LogP contribution in [0.25, 0.3) is 0 Å². The molecule has 0 bridgehead atoms. The Morgan fingerprint density at radius 1 is 1.13 bits per heavy atom. The van der Waals surface area contributed by atoms with Crippen molar-refractivity contribution in [3.8, 4) is 11.5 Å². The highest BCUT2D eigenvalue weighted by atomic mass is 32.2. The lowest BCUT2D eigenvalue weighted by atomic mass is 10.2. The number of sulfonamides is 1. The van der Waals surface area contributed by atoms with Gasteiger partial charge in [-0.2, -0.15) is 0 Å². The van der Waals surface area contributed by atoms with Gasteiger partial charge < -0.3 is 9.47 Å². The third kappa shape index (κ3) is 3.48. The van der Waals surface area contributed by atoms with Crippen LogP contribution in [0.4, 0.5) is 0 Å². The lowest BCUT2D eigenvalue weighted by molar-refractivity contribution is 0.0943. The number of fused-ring (bicyclic) bond motifs is 1. The van der Waals surface area contributed by atoms with E-state index in [2.05, 4.69) is 4.72 Å². The molecule has 0 amide bonds. The molecule has 1 atom stereocenters. The monoisotopic (exact) mass is 333 g/mol. The number of hydrogen-bond donors (Lipinski definition) is 1. The number of rotatable bonds is 4. The third-order valence-corrected chi connectivity index (χ3v) is 5.27. The van der Waals surface area contributed by atoms with Gasteiger partial charge in [0, 0.05) is 0 Å². The zero-order valence-electron chi connectivity index (χ0n) is 13.1. The summed E-state index contributed by atoms with van der Waals surface area (Å²) in [6.07, 6.45) is -0.357. The lowest BCUT2D eigenvalue weighted by Gasteiger charge is -2.26. The van der Waals surface area contributed by atoms with E-state index in [-0.39, 0.29) is 12.6 Å². The van der Waals surface area contributed by atoms with Gasteiger partial charge in [-0.25, -0.2) is 13.1 Å². The number of para-hydroxylation sites is 2. The Kier molecular flexibility index (Phi) is 4.28. The summed E-state index contributed by atoms with van der Waals surface area (Å²) in [5, 5.41) is 0. The molecule has 0 saturated carbocycles. The van der Waals surface area contributed by atoms with Crippen LogP contribution in [0.1, 0.15) is 11.1 Å². The van der Waals surface area contributed by atoms with E-state index < -0.39 is 10.0 Å². The van der Waals surface area contributed by atoms with E-state index in [9.17, 15) is 8.42 Å². The summed E-state index contributed by atoms with van der Waals surface area (Å²) in [6, 6.07) is 12.7. The molecular weight excluding hydrogens is 314 g/mol. The number of ether oxygens (including phenoxy) is 2. The van der Waals surface area contributed by atoms with Gasteiger partial charge in [0.15, 0.2) is 11.5 Å². The van der Waals surface area contributed by atoms with Gasteiger partial charge >= 0.3 is 0 Å². The Labute approximate surface area is 136 Å². The van der Waals surface area contributed by atoms with E-state index in [0.717, 1.165) is 5.56 Å². The maximum absolute atomic E-state index is 12.5. The first-order chi connectivity index (χ1) is 11.0. The van der Waals surface area contributed by atoms with Crippen molar-refractivity contribution in [3.05, 3.63) is 53.6 Å². The van der Waals surface area contributed by atoms with Gasteiger partial charge in [-0.3, -0.25) is 0 Å². The van der Waals surface area contributed by atoms with Gasteiger partial charge in [0.1, 0.15) is 12.7 Å². The molecule has 0 radical (unpaired) electrons. The quantitative estimate of drug-likeness (QED) is 0.933. The zero-order chi connectivity index (χ0) is 16.4. The SMILES string of the molecule is Cc1ccc(C)c(S(=O)(=O)NC[C@H]2COc3ccccc3O2)c1. The summed E-state index contributed by atoms with van der Waals surface area (Å²) in [7, 11) is -3.58. The first-order valence-corrected chi connectivity index (χ1v) is 8.89. The largest absolute Gasteiger partial charge is 0.486 e. The molecule has 6 heteroatoms. The van der Waals surface area contributed by atoms with E-state index in [1.807, 2.05) is 31.2 Å². The van der Waals surface area contributed by atoms with Gasteiger partial charge in [-0.1, -0.05) is 24.3 Å². The predicted octanol–water partition coefficient (Wildman–Crippen LogP) is 2.42. The molecule has 0 spiro atoms. The van der Waals surface area contributed by atoms with Gasteiger partial charge in [-0.05, 0) is 43.2 Å². The van der Waals surface area contributed by atoms with Crippen LogP contribution in [0.5, 0.6) is 11.5 Å². The van der Waals surface area contributed by atoms with Crippen molar-refractivity contribution in [2.45, 2.75) is 24.8 Å². The van der Waals surface area contributed by atoms with Crippen LogP contribution in [-0.4, -0.2) is 27.7 Å². The highest BCUT2D eigenvalue weighted by Crippen LogP contribution is 2.30. The predicted molar refractivity (Wildman–Crippen MR) is 87.5 cm³/mol. The molecule has 0 unspecified atom stereocenters. The fourth-order valence-corrected chi connectivity index (χ4v) is 3.83. The molecule has 0 fully saturated rings. The molecule has 1 aliphatic heterocycles. The molecule has 0 saturated heterocycles. The maximum atomic E-state index is 12.5. The first-order valence-electron chi connectivity index (χ1n) is 7.41. The van der Waals surface area contributed by atoms with Crippen molar-refractivity contribution in [1.29, 1.82) is 0 Å². The molecule has 122 valence electrons. The van der Waals surface area contributed by atoms with Crippen molar-refractivity contribution in [3.63, 3.8) is 0 Å². The zero-order valence-corrected chi connectivity index (χ0v) is 13.9. The minimum atomic E-state index is -3.58. The fourth-order valence-electron chi connectivity index (χ4n) is 2.44. The normalized spacial score (nSPS) is 17.0.